The van der Waals surface area contributed by atoms with Crippen molar-refractivity contribution in [2.24, 2.45) is 5.73 Å². The van der Waals surface area contributed by atoms with Gasteiger partial charge in [-0.3, -0.25) is 0 Å². The number of hydrogen-bond donors (Lipinski definition) is 1. The number of thiocarbonyl (C=S) groups is 1. The van der Waals surface area contributed by atoms with Crippen LogP contribution >= 0.6 is 12.2 Å². The van der Waals surface area contributed by atoms with Crippen LogP contribution in [-0.4, -0.2) is 23.1 Å². The Morgan fingerprint density at radius 1 is 1.28 bits per heavy atom. The highest BCUT2D eigenvalue weighted by atomic mass is 32.1. The fourth-order valence-electron chi connectivity index (χ4n) is 2.57. The molecule has 0 spiro atoms. The molecule has 0 amide bonds. The predicted molar refractivity (Wildman–Crippen MR) is 80.0 cm³/mol. The van der Waals surface area contributed by atoms with Crippen molar-refractivity contribution in [1.82, 2.24) is 4.98 Å². The van der Waals surface area contributed by atoms with Crippen LogP contribution in [0.15, 0.2) is 18.3 Å². The summed E-state index contributed by atoms with van der Waals surface area (Å²) < 4.78 is 0. The first kappa shape index (κ1) is 13.3. The molecule has 0 atom stereocenters. The van der Waals surface area contributed by atoms with E-state index in [1.54, 1.807) is 6.20 Å². The first-order chi connectivity index (χ1) is 8.68. The summed E-state index contributed by atoms with van der Waals surface area (Å²) in [4.78, 5) is 7.17. The molecular weight excluding hydrogens is 242 g/mol. The number of nitrogens with zero attached hydrogens (tertiary/aromatic N) is 2. The van der Waals surface area contributed by atoms with Crippen LogP contribution in [-0.2, 0) is 0 Å². The van der Waals surface area contributed by atoms with Crippen LogP contribution < -0.4 is 10.6 Å². The van der Waals surface area contributed by atoms with Crippen molar-refractivity contribution in [2.75, 3.05) is 11.9 Å². The SMILES string of the molecule is CN(c1ccc(C(N)=S)cn1)C1CCCCCC1. The van der Waals surface area contributed by atoms with Crippen LogP contribution in [0.2, 0.25) is 0 Å². The summed E-state index contributed by atoms with van der Waals surface area (Å²) in [5.74, 6) is 1.02. The molecule has 3 nitrogen and oxygen atoms in total. The zero-order valence-electron chi connectivity index (χ0n) is 10.9. The highest BCUT2D eigenvalue weighted by molar-refractivity contribution is 7.80. The van der Waals surface area contributed by atoms with Crippen LogP contribution in [0, 0.1) is 0 Å². The third-order valence-electron chi connectivity index (χ3n) is 3.77. The molecule has 1 aliphatic rings. The summed E-state index contributed by atoms with van der Waals surface area (Å²) in [6.07, 6.45) is 9.73. The van der Waals surface area contributed by atoms with Gasteiger partial charge in [0.15, 0.2) is 0 Å². The topological polar surface area (TPSA) is 42.1 Å². The van der Waals surface area contributed by atoms with E-state index in [0.717, 1.165) is 11.4 Å². The average Bonchev–Trinajstić information content (AvgIpc) is 2.67. The van der Waals surface area contributed by atoms with Gasteiger partial charge in [-0.1, -0.05) is 37.9 Å². The lowest BCUT2D eigenvalue weighted by molar-refractivity contribution is 0.549. The lowest BCUT2D eigenvalue weighted by Crippen LogP contribution is -2.31. The molecule has 1 aliphatic carbocycles. The molecule has 0 unspecified atom stereocenters. The minimum absolute atomic E-state index is 0.408. The predicted octanol–water partition coefficient (Wildman–Crippen LogP) is 2.87. The molecule has 0 aliphatic heterocycles. The Kier molecular flexibility index (Phi) is 4.53. The Morgan fingerprint density at radius 2 is 1.94 bits per heavy atom. The number of aromatic nitrogens is 1. The Labute approximate surface area is 114 Å². The Balaban J connectivity index is 2.07. The first-order valence-corrected chi connectivity index (χ1v) is 7.08. The highest BCUT2D eigenvalue weighted by Crippen LogP contribution is 2.24. The zero-order valence-corrected chi connectivity index (χ0v) is 11.7. The standard InChI is InChI=1S/C14H21N3S/c1-17(12-6-4-2-3-5-7-12)13-9-8-11(10-16-13)14(15)18/h8-10,12H,2-7H2,1H3,(H2,15,18). The normalized spacial score (nSPS) is 17.2. The summed E-state index contributed by atoms with van der Waals surface area (Å²) >= 11 is 4.94. The van der Waals surface area contributed by atoms with E-state index in [9.17, 15) is 0 Å². The summed E-state index contributed by atoms with van der Waals surface area (Å²) in [5, 5.41) is 0. The van der Waals surface area contributed by atoms with Gasteiger partial charge in [-0.25, -0.2) is 4.98 Å². The fourth-order valence-corrected chi connectivity index (χ4v) is 2.69. The van der Waals surface area contributed by atoms with Gasteiger partial charge < -0.3 is 10.6 Å². The van der Waals surface area contributed by atoms with Crippen molar-refractivity contribution in [1.29, 1.82) is 0 Å². The summed E-state index contributed by atoms with van der Waals surface area (Å²) in [6, 6.07) is 4.59. The smallest absolute Gasteiger partial charge is 0.128 e. The van der Waals surface area contributed by atoms with E-state index >= 15 is 0 Å². The van der Waals surface area contributed by atoms with E-state index in [0.29, 0.717) is 11.0 Å². The molecule has 0 bridgehead atoms. The van der Waals surface area contributed by atoms with Crippen molar-refractivity contribution >= 4 is 23.0 Å². The van der Waals surface area contributed by atoms with Gasteiger partial charge in [-0.15, -0.1) is 0 Å². The molecule has 1 aromatic rings. The second kappa shape index (κ2) is 6.14. The molecule has 4 heteroatoms. The van der Waals surface area contributed by atoms with E-state index in [1.807, 2.05) is 12.1 Å². The second-order valence-corrected chi connectivity index (χ2v) is 5.47. The number of hydrogen-bond acceptors (Lipinski definition) is 3. The van der Waals surface area contributed by atoms with Crippen LogP contribution in [0.1, 0.15) is 44.1 Å². The lowest BCUT2D eigenvalue weighted by Gasteiger charge is -2.28. The summed E-state index contributed by atoms with van der Waals surface area (Å²) in [6.45, 7) is 0. The van der Waals surface area contributed by atoms with Gasteiger partial charge >= 0.3 is 0 Å². The van der Waals surface area contributed by atoms with Gasteiger partial charge in [0, 0.05) is 24.8 Å². The maximum absolute atomic E-state index is 5.58. The number of rotatable bonds is 3. The molecule has 1 saturated carbocycles. The van der Waals surface area contributed by atoms with Crippen LogP contribution in [0.25, 0.3) is 0 Å². The van der Waals surface area contributed by atoms with E-state index in [2.05, 4.69) is 16.9 Å². The van der Waals surface area contributed by atoms with Crippen molar-refractivity contribution in [3.8, 4) is 0 Å². The molecule has 0 saturated heterocycles. The maximum Gasteiger partial charge on any atom is 0.128 e. The van der Waals surface area contributed by atoms with Gasteiger partial charge in [-0.05, 0) is 25.0 Å². The minimum atomic E-state index is 0.408. The summed E-state index contributed by atoms with van der Waals surface area (Å²) in [5.41, 5.74) is 6.42. The summed E-state index contributed by atoms with van der Waals surface area (Å²) in [7, 11) is 2.14. The molecule has 2 rings (SSSR count). The molecule has 98 valence electrons. The van der Waals surface area contributed by atoms with Crippen molar-refractivity contribution in [2.45, 2.75) is 44.6 Å². The van der Waals surface area contributed by atoms with E-state index in [1.165, 1.54) is 38.5 Å². The fraction of sp³-hybridized carbons (Fsp3) is 0.571. The Bertz CT molecular complexity index is 394. The van der Waals surface area contributed by atoms with E-state index in [4.69, 9.17) is 18.0 Å². The molecule has 1 heterocycles. The first-order valence-electron chi connectivity index (χ1n) is 6.67. The molecule has 1 fully saturated rings. The van der Waals surface area contributed by atoms with Gasteiger partial charge in [0.25, 0.3) is 0 Å². The van der Waals surface area contributed by atoms with E-state index < -0.39 is 0 Å². The molecule has 18 heavy (non-hydrogen) atoms. The van der Waals surface area contributed by atoms with Gasteiger partial charge in [0.2, 0.25) is 0 Å². The molecule has 0 radical (unpaired) electrons. The second-order valence-electron chi connectivity index (χ2n) is 5.03. The number of nitrogens with two attached hydrogens (primary N) is 1. The molecular formula is C14H21N3S. The Hall–Kier alpha value is -1.16. The maximum atomic E-state index is 5.58. The monoisotopic (exact) mass is 263 g/mol. The largest absolute Gasteiger partial charge is 0.389 e. The van der Waals surface area contributed by atoms with Crippen LogP contribution in [0.5, 0.6) is 0 Å². The number of anilines is 1. The van der Waals surface area contributed by atoms with Gasteiger partial charge in [-0.2, -0.15) is 0 Å². The van der Waals surface area contributed by atoms with Gasteiger partial charge in [0.1, 0.15) is 10.8 Å². The third-order valence-corrected chi connectivity index (χ3v) is 4.00. The third kappa shape index (κ3) is 3.19. The van der Waals surface area contributed by atoms with Gasteiger partial charge in [0.05, 0.1) is 0 Å². The average molecular weight is 263 g/mol. The number of pyridine rings is 1. The van der Waals surface area contributed by atoms with Crippen molar-refractivity contribution in [3.63, 3.8) is 0 Å². The zero-order chi connectivity index (χ0) is 13.0. The lowest BCUT2D eigenvalue weighted by atomic mass is 10.1. The van der Waals surface area contributed by atoms with Crippen molar-refractivity contribution < 1.29 is 0 Å². The van der Waals surface area contributed by atoms with E-state index in [-0.39, 0.29) is 0 Å². The quantitative estimate of drug-likeness (QED) is 0.672. The minimum Gasteiger partial charge on any atom is -0.389 e. The Morgan fingerprint density at radius 3 is 2.44 bits per heavy atom. The molecule has 1 aromatic heterocycles. The van der Waals surface area contributed by atoms with Crippen LogP contribution in [0.3, 0.4) is 0 Å². The molecule has 2 N–H and O–H groups in total. The highest BCUT2D eigenvalue weighted by Gasteiger charge is 2.17. The van der Waals surface area contributed by atoms with Crippen LogP contribution in [0.4, 0.5) is 5.82 Å². The van der Waals surface area contributed by atoms with Crippen molar-refractivity contribution in [3.05, 3.63) is 23.9 Å². The molecule has 0 aromatic carbocycles.